The molecule has 1 unspecified atom stereocenters. The van der Waals surface area contributed by atoms with Gasteiger partial charge in [-0.15, -0.1) is 0 Å². The fourth-order valence-electron chi connectivity index (χ4n) is 1.40. The van der Waals surface area contributed by atoms with Crippen molar-refractivity contribution in [1.82, 2.24) is 0 Å². The summed E-state index contributed by atoms with van der Waals surface area (Å²) in [6.07, 6.45) is -0.882. The third-order valence-electron chi connectivity index (χ3n) is 2.11. The number of phenolic OH excluding ortho intramolecular Hbond substituents is 1. The summed E-state index contributed by atoms with van der Waals surface area (Å²) in [6.45, 7) is 0. The Hall–Kier alpha value is -1.60. The Balaban J connectivity index is 3.45. The lowest BCUT2D eigenvalue weighted by atomic mass is 10.1. The maximum absolute atomic E-state index is 11.5. The predicted molar refractivity (Wildman–Crippen MR) is 58.2 cm³/mol. The van der Waals surface area contributed by atoms with Gasteiger partial charge >= 0.3 is 5.97 Å². The fourth-order valence-corrected chi connectivity index (χ4v) is 2.46. The highest BCUT2D eigenvalue weighted by Crippen LogP contribution is 2.30. The number of methoxy groups -OCH3 is 1. The molecule has 94 valence electrons. The first-order valence-electron chi connectivity index (χ1n) is 4.57. The molecular formula is C10H12O6S. The Morgan fingerprint density at radius 3 is 2.47 bits per heavy atom. The molecule has 0 aliphatic heterocycles. The Bertz CT molecular complexity index is 534. The zero-order valence-corrected chi connectivity index (χ0v) is 10.1. The smallest absolute Gasteiger partial charge is 0.339 e. The number of carbonyl (C=O) groups excluding carboxylic acids is 1. The van der Waals surface area contributed by atoms with E-state index in [9.17, 15) is 23.4 Å². The van der Waals surface area contributed by atoms with Crippen molar-refractivity contribution in [2.75, 3.05) is 13.4 Å². The van der Waals surface area contributed by atoms with Crippen LogP contribution in [0.15, 0.2) is 23.1 Å². The largest absolute Gasteiger partial charge is 0.507 e. The first-order chi connectivity index (χ1) is 7.79. The van der Waals surface area contributed by atoms with Crippen molar-refractivity contribution in [2.24, 2.45) is 0 Å². The van der Waals surface area contributed by atoms with Crippen molar-refractivity contribution in [2.45, 2.75) is 11.0 Å². The lowest BCUT2D eigenvalue weighted by Crippen LogP contribution is -2.16. The molecule has 6 nitrogen and oxygen atoms in total. The van der Waals surface area contributed by atoms with E-state index in [4.69, 9.17) is 0 Å². The van der Waals surface area contributed by atoms with Crippen molar-refractivity contribution in [3.8, 4) is 5.75 Å². The standard InChI is InChI=1S/C10H12O6S/c1-16-10(13)8(12)6-4-3-5-7(11)9(6)17(2,14)15/h3-5,8,11-12H,1-2H3. The summed E-state index contributed by atoms with van der Waals surface area (Å²) in [5.41, 5.74) is -0.209. The molecule has 0 saturated carbocycles. The molecule has 1 aromatic rings. The van der Waals surface area contributed by atoms with Crippen molar-refractivity contribution in [1.29, 1.82) is 0 Å². The van der Waals surface area contributed by atoms with Crippen LogP contribution in [0.1, 0.15) is 11.7 Å². The second kappa shape index (κ2) is 4.72. The van der Waals surface area contributed by atoms with E-state index in [1.54, 1.807) is 0 Å². The number of aromatic hydroxyl groups is 1. The van der Waals surface area contributed by atoms with Crippen LogP contribution >= 0.6 is 0 Å². The maximum atomic E-state index is 11.5. The van der Waals surface area contributed by atoms with E-state index in [0.29, 0.717) is 0 Å². The molecule has 0 aliphatic rings. The molecule has 17 heavy (non-hydrogen) atoms. The quantitative estimate of drug-likeness (QED) is 0.742. The van der Waals surface area contributed by atoms with E-state index < -0.39 is 32.6 Å². The first kappa shape index (κ1) is 13.5. The zero-order valence-electron chi connectivity index (χ0n) is 9.25. The van der Waals surface area contributed by atoms with Crippen LogP contribution in [0.25, 0.3) is 0 Å². The van der Waals surface area contributed by atoms with Gasteiger partial charge in [-0.25, -0.2) is 13.2 Å². The maximum Gasteiger partial charge on any atom is 0.339 e. The Labute approximate surface area is 98.4 Å². The number of carbonyl (C=O) groups is 1. The number of ether oxygens (including phenoxy) is 1. The van der Waals surface area contributed by atoms with Crippen LogP contribution in [0.5, 0.6) is 5.75 Å². The number of benzene rings is 1. The molecule has 2 N–H and O–H groups in total. The second-order valence-corrected chi connectivity index (χ2v) is 5.35. The van der Waals surface area contributed by atoms with Gasteiger partial charge in [-0.3, -0.25) is 0 Å². The molecule has 1 rings (SSSR count). The average Bonchev–Trinajstić information content (AvgIpc) is 2.24. The molecule has 0 fully saturated rings. The number of hydrogen-bond acceptors (Lipinski definition) is 6. The second-order valence-electron chi connectivity index (χ2n) is 3.39. The highest BCUT2D eigenvalue weighted by Gasteiger charge is 2.27. The number of sulfone groups is 1. The highest BCUT2D eigenvalue weighted by molar-refractivity contribution is 7.90. The van der Waals surface area contributed by atoms with Crippen LogP contribution in [0, 0.1) is 0 Å². The monoisotopic (exact) mass is 260 g/mol. The molecule has 0 spiro atoms. The zero-order chi connectivity index (χ0) is 13.2. The Morgan fingerprint density at radius 1 is 1.41 bits per heavy atom. The van der Waals surface area contributed by atoms with Gasteiger partial charge in [-0.1, -0.05) is 12.1 Å². The molecule has 0 amide bonds. The Kier molecular flexibility index (Phi) is 3.74. The first-order valence-corrected chi connectivity index (χ1v) is 6.46. The van der Waals surface area contributed by atoms with Gasteiger partial charge in [0.2, 0.25) is 0 Å². The van der Waals surface area contributed by atoms with Crippen LogP contribution in [0.4, 0.5) is 0 Å². The summed E-state index contributed by atoms with van der Waals surface area (Å²) < 4.78 is 27.2. The van der Waals surface area contributed by atoms with Crippen molar-refractivity contribution in [3.63, 3.8) is 0 Å². The van der Waals surface area contributed by atoms with Crippen molar-refractivity contribution in [3.05, 3.63) is 23.8 Å². The minimum absolute atomic E-state index is 0.209. The average molecular weight is 260 g/mol. The van der Waals surface area contributed by atoms with Gasteiger partial charge in [0.1, 0.15) is 10.6 Å². The van der Waals surface area contributed by atoms with Gasteiger partial charge in [0.15, 0.2) is 15.9 Å². The molecule has 1 atom stereocenters. The van der Waals surface area contributed by atoms with Crippen LogP contribution in [-0.2, 0) is 19.4 Å². The topological polar surface area (TPSA) is 101 Å². The summed E-state index contributed by atoms with van der Waals surface area (Å²) in [6, 6.07) is 3.72. The third-order valence-corrected chi connectivity index (χ3v) is 3.30. The molecule has 0 heterocycles. The van der Waals surface area contributed by atoms with Crippen LogP contribution in [-0.4, -0.2) is 38.0 Å². The normalized spacial score (nSPS) is 13.1. The molecule has 0 aliphatic carbocycles. The van der Waals surface area contributed by atoms with E-state index in [0.717, 1.165) is 19.4 Å². The fraction of sp³-hybridized carbons (Fsp3) is 0.300. The highest BCUT2D eigenvalue weighted by atomic mass is 32.2. The van der Waals surface area contributed by atoms with E-state index >= 15 is 0 Å². The van der Waals surface area contributed by atoms with E-state index in [1.165, 1.54) is 12.1 Å². The summed E-state index contributed by atoms with van der Waals surface area (Å²) >= 11 is 0. The number of hydrogen-bond donors (Lipinski definition) is 2. The van der Waals surface area contributed by atoms with Gasteiger partial charge in [-0.2, -0.15) is 0 Å². The number of aliphatic hydroxyl groups is 1. The van der Waals surface area contributed by atoms with E-state index in [2.05, 4.69) is 4.74 Å². The van der Waals surface area contributed by atoms with Gasteiger partial charge in [-0.05, 0) is 6.07 Å². The van der Waals surface area contributed by atoms with Gasteiger partial charge in [0.25, 0.3) is 0 Å². The van der Waals surface area contributed by atoms with E-state index in [1.807, 2.05) is 0 Å². The molecule has 7 heteroatoms. The van der Waals surface area contributed by atoms with Crippen molar-refractivity contribution >= 4 is 15.8 Å². The summed E-state index contributed by atoms with van der Waals surface area (Å²) in [5.74, 6) is -1.52. The number of esters is 1. The van der Waals surface area contributed by atoms with Crippen LogP contribution in [0.3, 0.4) is 0 Å². The number of phenols is 1. The van der Waals surface area contributed by atoms with Gasteiger partial charge < -0.3 is 14.9 Å². The van der Waals surface area contributed by atoms with Crippen molar-refractivity contribution < 1.29 is 28.2 Å². The van der Waals surface area contributed by atoms with Gasteiger partial charge in [0, 0.05) is 11.8 Å². The lowest BCUT2D eigenvalue weighted by molar-refractivity contribution is -0.150. The van der Waals surface area contributed by atoms with Gasteiger partial charge in [0.05, 0.1) is 7.11 Å². The van der Waals surface area contributed by atoms with E-state index in [-0.39, 0.29) is 5.56 Å². The summed E-state index contributed by atoms with van der Waals surface area (Å²) in [4.78, 5) is 10.7. The molecule has 1 aromatic carbocycles. The molecule has 0 aromatic heterocycles. The molecule has 0 radical (unpaired) electrons. The lowest BCUT2D eigenvalue weighted by Gasteiger charge is -2.13. The SMILES string of the molecule is COC(=O)C(O)c1cccc(O)c1S(C)(=O)=O. The minimum Gasteiger partial charge on any atom is -0.507 e. The Morgan fingerprint density at radius 2 is 2.00 bits per heavy atom. The molecule has 0 saturated heterocycles. The molecular weight excluding hydrogens is 248 g/mol. The van der Waals surface area contributed by atoms with Crippen LogP contribution in [0.2, 0.25) is 0 Å². The number of aliphatic hydroxyl groups excluding tert-OH is 1. The third kappa shape index (κ3) is 2.75. The predicted octanol–water partition coefficient (Wildman–Crippen LogP) is 0.00210. The van der Waals surface area contributed by atoms with Crippen LogP contribution < -0.4 is 0 Å². The molecule has 0 bridgehead atoms. The summed E-state index contributed by atoms with van der Waals surface area (Å²) in [7, 11) is -2.70. The number of rotatable bonds is 3. The minimum atomic E-state index is -3.77. The summed E-state index contributed by atoms with van der Waals surface area (Å²) in [5, 5.41) is 19.1.